The van der Waals surface area contributed by atoms with Crippen molar-refractivity contribution in [3.8, 4) is 17.9 Å². The quantitative estimate of drug-likeness (QED) is 0.0513. The first-order valence-corrected chi connectivity index (χ1v) is 21.1. The summed E-state index contributed by atoms with van der Waals surface area (Å²) in [5.41, 5.74) is 5.06. The van der Waals surface area contributed by atoms with E-state index < -0.39 is 44.9 Å². The van der Waals surface area contributed by atoms with Crippen molar-refractivity contribution in [3.63, 3.8) is 0 Å². The van der Waals surface area contributed by atoms with Gasteiger partial charge in [-0.2, -0.15) is 15.6 Å². The number of hydrogen-bond donors (Lipinski definition) is 3. The molecule has 1 fully saturated rings. The van der Waals surface area contributed by atoms with Crippen molar-refractivity contribution in [2.45, 2.75) is 140 Å². The maximum Gasteiger partial charge on any atom is 0.472 e. The molecule has 55 heavy (non-hydrogen) atoms. The lowest BCUT2D eigenvalue weighted by Gasteiger charge is -2.23. The molecule has 0 amide bonds. The van der Waals surface area contributed by atoms with Gasteiger partial charge in [-0.3, -0.25) is 9.05 Å². The fraction of sp³-hybridized carbons (Fsp3) is 0.684. The number of ether oxygens (including phenoxy) is 3. The molecule has 17 heteroatoms. The molecular formula is C38H57N8O8P. The first-order valence-electron chi connectivity index (χ1n) is 19.6. The molecule has 1 aliphatic rings. The van der Waals surface area contributed by atoms with Crippen molar-refractivity contribution in [1.29, 1.82) is 10.5 Å². The van der Waals surface area contributed by atoms with Gasteiger partial charge in [0.05, 0.1) is 44.0 Å². The molecule has 3 aromatic heterocycles. The van der Waals surface area contributed by atoms with Gasteiger partial charge in [-0.05, 0) is 18.6 Å². The normalized spacial score (nSPS) is 19.9. The van der Waals surface area contributed by atoms with E-state index in [1.165, 1.54) is 107 Å². The molecule has 3 aromatic rings. The fourth-order valence-electron chi connectivity index (χ4n) is 6.60. The van der Waals surface area contributed by atoms with Gasteiger partial charge in [0.1, 0.15) is 36.2 Å². The summed E-state index contributed by atoms with van der Waals surface area (Å²) in [4.78, 5) is 22.3. The van der Waals surface area contributed by atoms with Crippen molar-refractivity contribution in [2.75, 3.05) is 32.2 Å². The van der Waals surface area contributed by atoms with E-state index in [4.69, 9.17) is 34.3 Å². The number of aromatic nitrogens is 5. The van der Waals surface area contributed by atoms with E-state index >= 15 is 0 Å². The molecule has 0 aliphatic carbocycles. The van der Waals surface area contributed by atoms with E-state index in [0.717, 1.165) is 19.3 Å². The van der Waals surface area contributed by atoms with Gasteiger partial charge in [-0.1, -0.05) is 103 Å². The zero-order valence-electron chi connectivity index (χ0n) is 32.0. The van der Waals surface area contributed by atoms with Gasteiger partial charge in [-0.25, -0.2) is 24.0 Å². The lowest BCUT2D eigenvalue weighted by atomic mass is 9.96. The number of unbranched alkanes of at least 4 members (excludes halogenated alkanes) is 15. The minimum atomic E-state index is -4.70. The first-order chi connectivity index (χ1) is 26.7. The Balaban J connectivity index is 1.16. The maximum absolute atomic E-state index is 12.9. The molecule has 16 nitrogen and oxygen atoms in total. The Hall–Kier alpha value is -3.73. The van der Waals surface area contributed by atoms with Crippen LogP contribution in [0.4, 0.5) is 5.82 Å². The Kier molecular flexibility index (Phi) is 18.7. The fourth-order valence-corrected chi connectivity index (χ4v) is 7.37. The number of rotatable bonds is 28. The van der Waals surface area contributed by atoms with Gasteiger partial charge in [-0.15, -0.1) is 0 Å². The number of phosphoric ester groups is 1. The minimum Gasteiger partial charge on any atom is -0.482 e. The molecule has 302 valence electrons. The van der Waals surface area contributed by atoms with Crippen molar-refractivity contribution in [2.24, 2.45) is 0 Å². The van der Waals surface area contributed by atoms with Crippen LogP contribution in [0.25, 0.3) is 5.52 Å². The molecule has 1 saturated heterocycles. The molecule has 0 saturated carbocycles. The van der Waals surface area contributed by atoms with Crippen LogP contribution in [0.15, 0.2) is 30.9 Å². The average Bonchev–Trinajstić information content (AvgIpc) is 3.78. The summed E-state index contributed by atoms with van der Waals surface area (Å²) in [6.07, 6.45) is 20.9. The Morgan fingerprint density at radius 3 is 2.16 bits per heavy atom. The Morgan fingerprint density at radius 1 is 0.945 bits per heavy atom. The molecule has 4 heterocycles. The molecule has 0 aromatic carbocycles. The third kappa shape index (κ3) is 14.4. The van der Waals surface area contributed by atoms with Crippen LogP contribution in [0.3, 0.4) is 0 Å². The summed E-state index contributed by atoms with van der Waals surface area (Å²) in [5, 5.41) is 34.0. The van der Waals surface area contributed by atoms with Crippen LogP contribution < -0.4 is 10.5 Å². The first kappa shape index (κ1) is 44.0. The summed E-state index contributed by atoms with van der Waals surface area (Å²) in [6, 6.07) is 7.16. The highest BCUT2D eigenvalue weighted by molar-refractivity contribution is 7.47. The van der Waals surface area contributed by atoms with Crippen LogP contribution >= 0.6 is 7.82 Å². The van der Waals surface area contributed by atoms with Gasteiger partial charge in [0.2, 0.25) is 5.82 Å². The van der Waals surface area contributed by atoms with Crippen LogP contribution in [-0.4, -0.2) is 79.3 Å². The molecule has 1 aliphatic heterocycles. The van der Waals surface area contributed by atoms with Gasteiger partial charge in [0.25, 0.3) is 0 Å². The molecular weight excluding hydrogens is 727 g/mol. The lowest BCUT2D eigenvalue weighted by molar-refractivity contribution is -0.0540. The lowest BCUT2D eigenvalue weighted by Crippen LogP contribution is -2.30. The zero-order chi connectivity index (χ0) is 39.4. The Morgan fingerprint density at radius 2 is 1.56 bits per heavy atom. The second kappa shape index (κ2) is 23.4. The van der Waals surface area contributed by atoms with E-state index in [1.54, 1.807) is 12.1 Å². The molecule has 4 N–H and O–H groups in total. The number of fused-ring (bicyclic) bond motifs is 1. The number of nitrogen functional groups attached to an aromatic ring is 1. The summed E-state index contributed by atoms with van der Waals surface area (Å²) < 4.78 is 42.5. The number of nitrogens with zero attached hydrogens (tertiary/aromatic N) is 7. The highest BCUT2D eigenvalue weighted by atomic mass is 31.2. The summed E-state index contributed by atoms with van der Waals surface area (Å²) in [6.45, 7) is 1.81. The third-order valence-corrected chi connectivity index (χ3v) is 10.6. The highest BCUT2D eigenvalue weighted by Crippen LogP contribution is 2.46. The third-order valence-electron chi connectivity index (χ3n) is 9.66. The van der Waals surface area contributed by atoms with Crippen molar-refractivity contribution in [3.05, 3.63) is 42.4 Å². The summed E-state index contributed by atoms with van der Waals surface area (Å²) >= 11 is 0. The highest BCUT2D eigenvalue weighted by Gasteiger charge is 2.50. The Bertz CT molecular complexity index is 1700. The van der Waals surface area contributed by atoms with Crippen LogP contribution in [-0.2, 0) is 28.7 Å². The van der Waals surface area contributed by atoms with E-state index in [9.17, 15) is 19.8 Å². The van der Waals surface area contributed by atoms with Gasteiger partial charge in [0.15, 0.2) is 17.2 Å². The standard InChI is InChI=1S/C38H57N8O8P/c1-2-3-4-5-6-7-8-9-10-11-12-13-14-15-16-17-20-50-25-31(53-30-23-42-36(22-39)43-24-30)26-51-55(48,49)52-27-34-33(47)21-38(28-40,54-34)35-19-18-32-37(41)44-29-45-46(32)35/h18-19,23-24,29,31,33-34,47H,2-17,20-21,25-27H2,1H3,(H,48,49)(H2,41,44,45)/t31-,33+,34-,38+/m1/s1. The number of phosphoric acid groups is 1. The summed E-state index contributed by atoms with van der Waals surface area (Å²) in [7, 11) is -4.70. The second-order valence-electron chi connectivity index (χ2n) is 14.1. The minimum absolute atomic E-state index is 0.0348. The predicted molar refractivity (Wildman–Crippen MR) is 203 cm³/mol. The van der Waals surface area contributed by atoms with Crippen LogP contribution in [0.5, 0.6) is 5.75 Å². The van der Waals surface area contributed by atoms with E-state index in [-0.39, 0.29) is 30.4 Å². The van der Waals surface area contributed by atoms with Gasteiger partial charge < -0.3 is 29.9 Å². The van der Waals surface area contributed by atoms with Gasteiger partial charge in [0, 0.05) is 13.0 Å². The van der Waals surface area contributed by atoms with Crippen LogP contribution in [0.1, 0.15) is 128 Å². The van der Waals surface area contributed by atoms with E-state index in [1.807, 2.05) is 6.07 Å². The number of nitriles is 2. The average molecular weight is 785 g/mol. The molecule has 4 rings (SSSR count). The van der Waals surface area contributed by atoms with Crippen LogP contribution in [0, 0.1) is 22.7 Å². The monoisotopic (exact) mass is 784 g/mol. The number of aliphatic hydroxyl groups is 1. The van der Waals surface area contributed by atoms with Crippen molar-refractivity contribution >= 4 is 19.2 Å². The number of anilines is 1. The summed E-state index contributed by atoms with van der Waals surface area (Å²) in [5.74, 6) is 0.380. The van der Waals surface area contributed by atoms with Crippen molar-refractivity contribution in [1.82, 2.24) is 24.6 Å². The van der Waals surface area contributed by atoms with Crippen molar-refractivity contribution < 1.29 is 37.8 Å². The number of aliphatic hydroxyl groups excluding tert-OH is 1. The smallest absolute Gasteiger partial charge is 0.472 e. The maximum atomic E-state index is 12.9. The SMILES string of the molecule is CCCCCCCCCCCCCCCCCCOC[C@H](COP(=O)(O)OC[C@H]1O[C@@](C#N)(c2ccc3c(N)ncnn23)C[C@@H]1O)Oc1cnc(C#N)nc1. The molecule has 0 spiro atoms. The van der Waals surface area contributed by atoms with E-state index in [0.29, 0.717) is 17.8 Å². The van der Waals surface area contributed by atoms with E-state index in [2.05, 4.69) is 33.0 Å². The van der Waals surface area contributed by atoms with Crippen LogP contribution in [0.2, 0.25) is 0 Å². The molecule has 0 bridgehead atoms. The largest absolute Gasteiger partial charge is 0.482 e. The molecule has 5 atom stereocenters. The molecule has 0 radical (unpaired) electrons. The number of nitrogens with two attached hydrogens (primary N) is 1. The second-order valence-corrected chi connectivity index (χ2v) is 15.5. The predicted octanol–water partition coefficient (Wildman–Crippen LogP) is 6.70. The number of hydrogen-bond acceptors (Lipinski definition) is 14. The Labute approximate surface area is 323 Å². The zero-order valence-corrected chi connectivity index (χ0v) is 32.9. The topological polar surface area (TPSA) is 233 Å². The molecule has 1 unspecified atom stereocenters. The van der Waals surface area contributed by atoms with Gasteiger partial charge >= 0.3 is 7.82 Å².